The van der Waals surface area contributed by atoms with Gasteiger partial charge in [-0.25, -0.2) is 0 Å². The van der Waals surface area contributed by atoms with E-state index in [4.69, 9.17) is 16.3 Å². The molecule has 3 heterocycles. The Labute approximate surface area is 255 Å². The van der Waals surface area contributed by atoms with Crippen LogP contribution in [-0.2, 0) is 19.1 Å². The number of rotatable bonds is 12. The number of carbonyl (C=O) groups excluding carboxylic acids is 3. The summed E-state index contributed by atoms with van der Waals surface area (Å²) in [6, 6.07) is 3.72. The molecule has 3 amide bonds. The van der Waals surface area contributed by atoms with Crippen molar-refractivity contribution in [3.05, 3.63) is 54.1 Å². The fourth-order valence-electron chi connectivity index (χ4n) is 7.76. The van der Waals surface area contributed by atoms with Gasteiger partial charge in [0.1, 0.15) is 11.6 Å². The van der Waals surface area contributed by atoms with Gasteiger partial charge >= 0.3 is 0 Å². The maximum atomic E-state index is 14.9. The lowest BCUT2D eigenvalue weighted by Gasteiger charge is -2.41. The van der Waals surface area contributed by atoms with E-state index in [0.717, 1.165) is 12.0 Å². The first kappa shape index (κ1) is 32.2. The molecule has 7 atom stereocenters. The Morgan fingerprint density at radius 1 is 1.24 bits per heavy atom. The van der Waals surface area contributed by atoms with Crippen LogP contribution in [0.3, 0.4) is 0 Å². The van der Waals surface area contributed by atoms with E-state index in [1.54, 1.807) is 28.0 Å². The first-order valence-corrected chi connectivity index (χ1v) is 15.4. The minimum absolute atomic E-state index is 0.0977. The number of halogens is 1. The van der Waals surface area contributed by atoms with Crippen LogP contribution in [0.25, 0.3) is 0 Å². The minimum atomic E-state index is -1.24. The summed E-state index contributed by atoms with van der Waals surface area (Å²) in [4.78, 5) is 48.8. The summed E-state index contributed by atoms with van der Waals surface area (Å²) in [5.41, 5.74) is -0.840. The monoisotopic (exact) mass is 599 g/mol. The molecule has 4 rings (SSSR count). The van der Waals surface area contributed by atoms with Gasteiger partial charge in [-0.3, -0.25) is 14.4 Å². The Hall–Kier alpha value is -2.68. The first-order valence-electron chi connectivity index (χ1n) is 15.1. The molecule has 230 valence electrons. The van der Waals surface area contributed by atoms with Gasteiger partial charge in [0.25, 0.3) is 5.91 Å². The normalized spacial score (nSPS) is 30.4. The predicted octanol–water partition coefficient (Wildman–Crippen LogP) is 4.62. The minimum Gasteiger partial charge on any atom is -0.394 e. The molecule has 3 aliphatic heterocycles. The van der Waals surface area contributed by atoms with Crippen molar-refractivity contribution in [2.24, 2.45) is 23.7 Å². The molecule has 1 aromatic rings. The van der Waals surface area contributed by atoms with E-state index in [2.05, 4.69) is 13.2 Å². The fourth-order valence-corrected chi connectivity index (χ4v) is 8.08. The standard InChI is InChI=1S/C33H46ClN3O5/c1-9-15-35(16-10-2)29(39)25-26-30(40)37(24(19-38)20(4)5)28(33(26)18-22(7)32(25,8)42-33)31(41)36(17-11-3)27-21(6)13-12-14-23(27)34/h9,11-14,20,22,24-26,28,38H,1,3,10,15-19H2,2,4-8H3/t22?,24-,25-,26-,28?,32+,33?/m0/s1. The summed E-state index contributed by atoms with van der Waals surface area (Å²) < 4.78 is 6.93. The summed E-state index contributed by atoms with van der Waals surface area (Å²) in [5.74, 6) is -2.73. The van der Waals surface area contributed by atoms with Gasteiger partial charge in [0.05, 0.1) is 40.8 Å². The maximum absolute atomic E-state index is 14.9. The number of benzene rings is 1. The molecule has 42 heavy (non-hydrogen) atoms. The number of aryl methyl sites for hydroxylation is 1. The van der Waals surface area contributed by atoms with Crippen LogP contribution in [0, 0.1) is 30.6 Å². The second-order valence-electron chi connectivity index (χ2n) is 12.7. The van der Waals surface area contributed by atoms with Crippen molar-refractivity contribution in [2.45, 2.75) is 77.7 Å². The molecule has 0 aromatic heterocycles. The highest BCUT2D eigenvalue weighted by molar-refractivity contribution is 6.34. The molecule has 3 saturated heterocycles. The van der Waals surface area contributed by atoms with Gasteiger partial charge in [-0.15, -0.1) is 13.2 Å². The summed E-state index contributed by atoms with van der Waals surface area (Å²) in [5, 5.41) is 11.0. The van der Waals surface area contributed by atoms with E-state index in [1.165, 1.54) is 4.90 Å². The average molecular weight is 600 g/mol. The molecule has 9 heteroatoms. The predicted molar refractivity (Wildman–Crippen MR) is 165 cm³/mol. The van der Waals surface area contributed by atoms with Crippen molar-refractivity contribution >= 4 is 35.0 Å². The van der Waals surface area contributed by atoms with Crippen LogP contribution < -0.4 is 4.90 Å². The van der Waals surface area contributed by atoms with E-state index in [9.17, 15) is 19.5 Å². The molecule has 0 radical (unpaired) electrons. The number of amides is 3. The topological polar surface area (TPSA) is 90.4 Å². The van der Waals surface area contributed by atoms with Gasteiger partial charge in [-0.05, 0) is 50.2 Å². The Morgan fingerprint density at radius 3 is 2.45 bits per heavy atom. The van der Waals surface area contributed by atoms with E-state index >= 15 is 0 Å². The Morgan fingerprint density at radius 2 is 1.90 bits per heavy atom. The number of hydrogen-bond donors (Lipinski definition) is 1. The largest absolute Gasteiger partial charge is 0.394 e. The van der Waals surface area contributed by atoms with E-state index in [-0.39, 0.29) is 42.7 Å². The quantitative estimate of drug-likeness (QED) is 0.354. The third-order valence-corrected chi connectivity index (χ3v) is 10.1. The van der Waals surface area contributed by atoms with Crippen molar-refractivity contribution in [3.63, 3.8) is 0 Å². The molecular formula is C33H46ClN3O5. The lowest BCUT2D eigenvalue weighted by atomic mass is 9.62. The van der Waals surface area contributed by atoms with Gasteiger partial charge in [0.2, 0.25) is 11.8 Å². The van der Waals surface area contributed by atoms with Gasteiger partial charge in [0.15, 0.2) is 0 Å². The lowest BCUT2D eigenvalue weighted by molar-refractivity contribution is -0.154. The average Bonchev–Trinajstić information content (AvgIpc) is 3.44. The molecule has 0 aliphatic carbocycles. The molecule has 3 aliphatic rings. The zero-order valence-corrected chi connectivity index (χ0v) is 26.6. The Kier molecular flexibility index (Phi) is 9.31. The highest BCUT2D eigenvalue weighted by Gasteiger charge is 2.80. The van der Waals surface area contributed by atoms with Gasteiger partial charge in [-0.1, -0.05) is 63.6 Å². The summed E-state index contributed by atoms with van der Waals surface area (Å²) in [7, 11) is 0. The van der Waals surface area contributed by atoms with Crippen LogP contribution in [-0.4, -0.2) is 82.2 Å². The summed E-state index contributed by atoms with van der Waals surface area (Å²) in [6.45, 7) is 20.1. The first-order chi connectivity index (χ1) is 19.9. The summed E-state index contributed by atoms with van der Waals surface area (Å²) in [6.07, 6.45) is 4.51. The smallest absolute Gasteiger partial charge is 0.253 e. The number of anilines is 1. The highest BCUT2D eigenvalue weighted by atomic mass is 35.5. The third kappa shape index (κ3) is 4.80. The number of fused-ring (bicyclic) bond motifs is 1. The highest BCUT2D eigenvalue weighted by Crippen LogP contribution is 2.66. The molecule has 1 aromatic carbocycles. The number of ether oxygens (including phenoxy) is 1. The van der Waals surface area contributed by atoms with Crippen LogP contribution in [0.5, 0.6) is 0 Å². The molecule has 0 saturated carbocycles. The molecule has 1 N–H and O–H groups in total. The SMILES string of the molecule is C=CCN(CCC)C(=O)[C@@H]1[C@H]2C(=O)N([C@@H](CO)C(C)C)C(C(=O)N(CC=C)c3c(C)cccc3Cl)C23CC(C)[C@@]1(C)O3. The van der Waals surface area contributed by atoms with Crippen molar-refractivity contribution in [3.8, 4) is 0 Å². The number of carbonyl (C=O) groups is 3. The molecule has 3 unspecified atom stereocenters. The van der Waals surface area contributed by atoms with Gasteiger partial charge < -0.3 is 24.5 Å². The second-order valence-corrected chi connectivity index (χ2v) is 13.1. The molecular weight excluding hydrogens is 554 g/mol. The van der Waals surface area contributed by atoms with E-state index in [0.29, 0.717) is 30.2 Å². The zero-order chi connectivity index (χ0) is 31.1. The zero-order valence-electron chi connectivity index (χ0n) is 25.8. The number of aliphatic hydroxyl groups is 1. The number of hydrogen-bond acceptors (Lipinski definition) is 5. The second kappa shape index (κ2) is 12.1. The number of nitrogens with zero attached hydrogens (tertiary/aromatic N) is 3. The van der Waals surface area contributed by atoms with E-state index in [1.807, 2.05) is 53.7 Å². The van der Waals surface area contributed by atoms with Crippen molar-refractivity contribution in [1.29, 1.82) is 0 Å². The molecule has 8 nitrogen and oxygen atoms in total. The van der Waals surface area contributed by atoms with Crippen LogP contribution in [0.4, 0.5) is 5.69 Å². The van der Waals surface area contributed by atoms with Crippen LogP contribution in [0.15, 0.2) is 43.5 Å². The Balaban J connectivity index is 1.93. The number of para-hydroxylation sites is 1. The van der Waals surface area contributed by atoms with Crippen molar-refractivity contribution < 1.29 is 24.2 Å². The van der Waals surface area contributed by atoms with Crippen LogP contribution >= 0.6 is 11.6 Å². The number of aliphatic hydroxyl groups excluding tert-OH is 1. The Bertz CT molecular complexity index is 1230. The molecule has 1 spiro atoms. The fraction of sp³-hybridized carbons (Fsp3) is 0.606. The molecule has 3 fully saturated rings. The van der Waals surface area contributed by atoms with Crippen LogP contribution in [0.2, 0.25) is 5.02 Å². The molecule has 2 bridgehead atoms. The van der Waals surface area contributed by atoms with Crippen molar-refractivity contribution in [2.75, 3.05) is 31.1 Å². The van der Waals surface area contributed by atoms with Crippen LogP contribution in [0.1, 0.15) is 53.0 Å². The maximum Gasteiger partial charge on any atom is 0.253 e. The van der Waals surface area contributed by atoms with Crippen molar-refractivity contribution in [1.82, 2.24) is 9.80 Å². The van der Waals surface area contributed by atoms with Gasteiger partial charge in [0, 0.05) is 19.6 Å². The summed E-state index contributed by atoms with van der Waals surface area (Å²) >= 11 is 6.67. The van der Waals surface area contributed by atoms with E-state index < -0.39 is 35.1 Å². The third-order valence-electron chi connectivity index (χ3n) is 9.76. The van der Waals surface area contributed by atoms with Gasteiger partial charge in [-0.2, -0.15) is 0 Å². The lowest BCUT2D eigenvalue weighted by Crippen LogP contribution is -2.60. The number of likely N-dealkylation sites (tertiary alicyclic amines) is 1.